The van der Waals surface area contributed by atoms with Crippen LogP contribution < -0.4 is 5.32 Å². The molecule has 3 atom stereocenters. The first-order chi connectivity index (χ1) is 8.48. The predicted octanol–water partition coefficient (Wildman–Crippen LogP) is 4.10. The molecule has 0 aliphatic heterocycles. The summed E-state index contributed by atoms with van der Waals surface area (Å²) in [5.41, 5.74) is -0.500. The Morgan fingerprint density at radius 2 is 2.39 bits per heavy atom. The number of aliphatic hydroxyl groups is 1. The highest BCUT2D eigenvalue weighted by atomic mass is 79.9. The van der Waals surface area contributed by atoms with Crippen LogP contribution in [0, 0.1) is 5.92 Å². The molecular formula is C14H22BrNOS. The molecule has 102 valence electrons. The average molecular weight is 332 g/mol. The molecule has 2 rings (SSSR count). The van der Waals surface area contributed by atoms with E-state index in [2.05, 4.69) is 47.2 Å². The second-order valence-corrected chi connectivity index (χ2v) is 8.16. The van der Waals surface area contributed by atoms with Gasteiger partial charge in [-0.1, -0.05) is 19.8 Å². The zero-order valence-corrected chi connectivity index (χ0v) is 13.5. The quantitative estimate of drug-likeness (QED) is 0.870. The van der Waals surface area contributed by atoms with Gasteiger partial charge in [-0.2, -0.15) is 0 Å². The van der Waals surface area contributed by atoms with Crippen molar-refractivity contribution in [2.24, 2.45) is 5.92 Å². The fourth-order valence-electron chi connectivity index (χ4n) is 2.80. The van der Waals surface area contributed by atoms with Crippen LogP contribution in [0.15, 0.2) is 15.9 Å². The molecule has 0 saturated heterocycles. The lowest BCUT2D eigenvalue weighted by Crippen LogP contribution is -2.44. The first-order valence-electron chi connectivity index (χ1n) is 6.69. The Morgan fingerprint density at radius 3 is 3.00 bits per heavy atom. The van der Waals surface area contributed by atoms with Gasteiger partial charge in [0.15, 0.2) is 0 Å². The van der Waals surface area contributed by atoms with Crippen molar-refractivity contribution in [3.63, 3.8) is 0 Å². The zero-order valence-electron chi connectivity index (χ0n) is 11.1. The third-order valence-electron chi connectivity index (χ3n) is 3.83. The van der Waals surface area contributed by atoms with E-state index < -0.39 is 5.60 Å². The van der Waals surface area contributed by atoms with Crippen LogP contribution >= 0.6 is 27.3 Å². The molecule has 1 aromatic rings. The van der Waals surface area contributed by atoms with Crippen molar-refractivity contribution >= 4 is 27.3 Å². The second-order valence-electron chi connectivity index (χ2n) is 5.67. The summed E-state index contributed by atoms with van der Waals surface area (Å²) >= 11 is 5.24. The van der Waals surface area contributed by atoms with Gasteiger partial charge in [-0.05, 0) is 53.7 Å². The largest absolute Gasteiger partial charge is 0.389 e. The maximum Gasteiger partial charge on any atom is 0.0774 e. The van der Waals surface area contributed by atoms with E-state index >= 15 is 0 Å². The van der Waals surface area contributed by atoms with Crippen molar-refractivity contribution in [2.45, 2.75) is 51.2 Å². The number of hydrogen-bond acceptors (Lipinski definition) is 3. The molecule has 2 nitrogen and oxygen atoms in total. The summed E-state index contributed by atoms with van der Waals surface area (Å²) in [4.78, 5) is 1.31. The molecule has 1 saturated carbocycles. The molecule has 1 aliphatic carbocycles. The first kappa shape index (κ1) is 14.5. The van der Waals surface area contributed by atoms with Gasteiger partial charge in [-0.25, -0.2) is 0 Å². The monoisotopic (exact) mass is 331 g/mol. The van der Waals surface area contributed by atoms with E-state index in [4.69, 9.17) is 0 Å². The fourth-order valence-corrected chi connectivity index (χ4v) is 4.25. The molecular weight excluding hydrogens is 310 g/mol. The standard InChI is InChI=1S/C14H22BrNOS/c1-10-4-3-7-14(17,8-10)9-16-11(2)12-5-6-13(15)18-12/h5-6,10-11,16-17H,3-4,7-9H2,1-2H3. The summed E-state index contributed by atoms with van der Waals surface area (Å²) in [5.74, 6) is 0.650. The highest BCUT2D eigenvalue weighted by molar-refractivity contribution is 9.11. The maximum atomic E-state index is 10.6. The van der Waals surface area contributed by atoms with Gasteiger partial charge in [0, 0.05) is 17.5 Å². The Bertz CT molecular complexity index is 395. The van der Waals surface area contributed by atoms with Crippen molar-refractivity contribution in [3.05, 3.63) is 20.8 Å². The Kier molecular flexibility index (Phi) is 4.86. The van der Waals surface area contributed by atoms with E-state index in [0.29, 0.717) is 18.5 Å². The number of halogens is 1. The summed E-state index contributed by atoms with van der Waals surface area (Å²) < 4.78 is 1.16. The SMILES string of the molecule is CC1CCCC(O)(CNC(C)c2ccc(Br)s2)C1. The molecule has 2 N–H and O–H groups in total. The van der Waals surface area contributed by atoms with Gasteiger partial charge in [0.05, 0.1) is 9.39 Å². The van der Waals surface area contributed by atoms with Crippen molar-refractivity contribution in [3.8, 4) is 0 Å². The lowest BCUT2D eigenvalue weighted by atomic mass is 9.79. The van der Waals surface area contributed by atoms with E-state index in [1.165, 1.54) is 11.3 Å². The second kappa shape index (κ2) is 6.04. The summed E-state index contributed by atoms with van der Waals surface area (Å²) in [5, 5.41) is 14.1. The predicted molar refractivity (Wildman–Crippen MR) is 81.0 cm³/mol. The van der Waals surface area contributed by atoms with E-state index in [1.807, 2.05) is 0 Å². The van der Waals surface area contributed by atoms with Crippen LogP contribution in [0.3, 0.4) is 0 Å². The lowest BCUT2D eigenvalue weighted by Gasteiger charge is -2.36. The summed E-state index contributed by atoms with van der Waals surface area (Å²) in [6.45, 7) is 5.10. The lowest BCUT2D eigenvalue weighted by molar-refractivity contribution is -0.0133. The molecule has 3 unspecified atom stereocenters. The number of rotatable bonds is 4. The van der Waals surface area contributed by atoms with Gasteiger partial charge in [-0.15, -0.1) is 11.3 Å². The molecule has 0 radical (unpaired) electrons. The topological polar surface area (TPSA) is 32.3 Å². The van der Waals surface area contributed by atoms with E-state index in [9.17, 15) is 5.11 Å². The van der Waals surface area contributed by atoms with Crippen LogP contribution in [0.1, 0.15) is 50.4 Å². The summed E-state index contributed by atoms with van der Waals surface area (Å²) in [6, 6.07) is 4.53. The van der Waals surface area contributed by atoms with Crippen LogP contribution in [0.2, 0.25) is 0 Å². The Morgan fingerprint density at radius 1 is 1.61 bits per heavy atom. The molecule has 0 amide bonds. The number of hydrogen-bond donors (Lipinski definition) is 2. The normalized spacial score (nSPS) is 30.3. The molecule has 0 spiro atoms. The minimum atomic E-state index is -0.500. The van der Waals surface area contributed by atoms with Gasteiger partial charge in [0.2, 0.25) is 0 Å². The maximum absolute atomic E-state index is 10.6. The molecule has 1 fully saturated rings. The Labute approximate surface area is 122 Å². The Balaban J connectivity index is 1.87. The third kappa shape index (κ3) is 3.80. The van der Waals surface area contributed by atoms with Crippen LogP contribution in [-0.2, 0) is 0 Å². The van der Waals surface area contributed by atoms with Crippen molar-refractivity contribution < 1.29 is 5.11 Å². The molecule has 18 heavy (non-hydrogen) atoms. The summed E-state index contributed by atoms with van der Waals surface area (Å²) in [6.07, 6.45) is 4.28. The van der Waals surface area contributed by atoms with Crippen LogP contribution in [0.25, 0.3) is 0 Å². The Hall–Kier alpha value is 0.1000. The average Bonchev–Trinajstić information content (AvgIpc) is 2.73. The zero-order chi connectivity index (χ0) is 13.2. The van der Waals surface area contributed by atoms with Crippen LogP contribution in [0.5, 0.6) is 0 Å². The fraction of sp³-hybridized carbons (Fsp3) is 0.714. The van der Waals surface area contributed by atoms with E-state index in [0.717, 1.165) is 23.0 Å². The highest BCUT2D eigenvalue weighted by Crippen LogP contribution is 2.33. The molecule has 1 heterocycles. The van der Waals surface area contributed by atoms with Crippen LogP contribution in [0.4, 0.5) is 0 Å². The van der Waals surface area contributed by atoms with Crippen LogP contribution in [-0.4, -0.2) is 17.3 Å². The third-order valence-corrected chi connectivity index (χ3v) is 5.63. The van der Waals surface area contributed by atoms with Gasteiger partial charge in [0.25, 0.3) is 0 Å². The van der Waals surface area contributed by atoms with Gasteiger partial charge in [-0.3, -0.25) is 0 Å². The molecule has 1 aliphatic rings. The van der Waals surface area contributed by atoms with Gasteiger partial charge < -0.3 is 10.4 Å². The van der Waals surface area contributed by atoms with Crippen molar-refractivity contribution in [1.82, 2.24) is 5.32 Å². The van der Waals surface area contributed by atoms with E-state index in [1.54, 1.807) is 11.3 Å². The van der Waals surface area contributed by atoms with Gasteiger partial charge >= 0.3 is 0 Å². The summed E-state index contributed by atoms with van der Waals surface area (Å²) in [7, 11) is 0. The first-order valence-corrected chi connectivity index (χ1v) is 8.30. The number of nitrogens with one attached hydrogen (secondary N) is 1. The minimum absolute atomic E-state index is 0.308. The minimum Gasteiger partial charge on any atom is -0.389 e. The van der Waals surface area contributed by atoms with Gasteiger partial charge in [0.1, 0.15) is 0 Å². The molecule has 1 aromatic heterocycles. The van der Waals surface area contributed by atoms with Crippen molar-refractivity contribution in [2.75, 3.05) is 6.54 Å². The van der Waals surface area contributed by atoms with Crippen molar-refractivity contribution in [1.29, 1.82) is 0 Å². The molecule has 0 aromatic carbocycles. The highest BCUT2D eigenvalue weighted by Gasteiger charge is 2.32. The van der Waals surface area contributed by atoms with E-state index in [-0.39, 0.29) is 0 Å². The molecule has 4 heteroatoms. The molecule has 0 bridgehead atoms. The number of thiophene rings is 1. The smallest absolute Gasteiger partial charge is 0.0774 e.